The number of aromatic hydroxyl groups is 1. The fourth-order valence-electron chi connectivity index (χ4n) is 2.06. The molecule has 1 aromatic heterocycles. The molecule has 0 aliphatic rings. The van der Waals surface area contributed by atoms with E-state index in [1.807, 2.05) is 30.3 Å². The van der Waals surface area contributed by atoms with Crippen molar-refractivity contribution < 1.29 is 10.0 Å². The first kappa shape index (κ1) is 15.6. The van der Waals surface area contributed by atoms with Gasteiger partial charge in [0.25, 0.3) is 0 Å². The average molecular weight is 344 g/mol. The number of hydrogen-bond donors (Lipinski definition) is 1. The molecule has 0 bridgehead atoms. The van der Waals surface area contributed by atoms with Crippen LogP contribution in [0, 0.1) is 10.1 Å². The van der Waals surface area contributed by atoms with Crippen molar-refractivity contribution in [1.29, 1.82) is 0 Å². The average Bonchev–Trinajstić information content (AvgIpc) is 3.04. The van der Waals surface area contributed by atoms with E-state index in [1.54, 1.807) is 0 Å². The molecular weight excluding hydrogens is 334 g/mol. The number of hydrogen-bond acceptors (Lipinski definition) is 6. The molecule has 3 aromatic rings. The predicted octanol–water partition coefficient (Wildman–Crippen LogP) is 3.09. The minimum Gasteiger partial charge on any atom is -0.502 e. The monoisotopic (exact) mass is 343 g/mol. The molecule has 0 unspecified atom stereocenters. The van der Waals surface area contributed by atoms with Crippen molar-refractivity contribution in [2.24, 2.45) is 5.10 Å². The molecule has 0 fully saturated rings. The molecule has 0 amide bonds. The van der Waals surface area contributed by atoms with Crippen LogP contribution in [0.15, 0.2) is 53.9 Å². The second-order valence-corrected chi connectivity index (χ2v) is 5.17. The third-order valence-electron chi connectivity index (χ3n) is 3.16. The van der Waals surface area contributed by atoms with Crippen LogP contribution >= 0.6 is 11.6 Å². The first-order chi connectivity index (χ1) is 11.6. The van der Waals surface area contributed by atoms with Crippen LogP contribution in [-0.2, 0) is 0 Å². The van der Waals surface area contributed by atoms with E-state index >= 15 is 0 Å². The van der Waals surface area contributed by atoms with Crippen LogP contribution in [0.4, 0.5) is 5.69 Å². The highest BCUT2D eigenvalue weighted by atomic mass is 35.5. The zero-order chi connectivity index (χ0) is 17.1. The Kier molecular flexibility index (Phi) is 4.21. The lowest BCUT2D eigenvalue weighted by Gasteiger charge is -2.03. The van der Waals surface area contributed by atoms with Gasteiger partial charge in [-0.1, -0.05) is 41.9 Å². The maximum Gasteiger partial charge on any atom is 0.312 e. The Bertz CT molecular complexity index is 924. The van der Waals surface area contributed by atoms with Crippen LogP contribution in [0.5, 0.6) is 5.75 Å². The Labute approximate surface area is 140 Å². The number of benzene rings is 2. The molecule has 8 nitrogen and oxygen atoms in total. The van der Waals surface area contributed by atoms with Crippen LogP contribution in [0.2, 0.25) is 5.02 Å². The van der Waals surface area contributed by atoms with Crippen molar-refractivity contribution in [3.8, 4) is 17.1 Å². The standard InChI is InChI=1S/C15H10ClN5O3/c16-12-6-11(14(22)13(7-12)21(23)24)8-18-20-9-17-19-15(20)10-4-2-1-3-5-10/h1-9,22H/b18-8+. The van der Waals surface area contributed by atoms with Crippen LogP contribution in [0.25, 0.3) is 11.4 Å². The van der Waals surface area contributed by atoms with Crippen molar-refractivity contribution in [3.63, 3.8) is 0 Å². The number of phenolic OH excluding ortho intramolecular Hbond substituents is 1. The third kappa shape index (κ3) is 3.08. The lowest BCUT2D eigenvalue weighted by Crippen LogP contribution is -1.96. The lowest BCUT2D eigenvalue weighted by molar-refractivity contribution is -0.385. The maximum absolute atomic E-state index is 10.9. The molecule has 3 rings (SSSR count). The van der Waals surface area contributed by atoms with E-state index in [2.05, 4.69) is 15.3 Å². The normalized spacial score (nSPS) is 11.0. The highest BCUT2D eigenvalue weighted by Gasteiger charge is 2.18. The molecule has 1 N–H and O–H groups in total. The number of halogens is 1. The number of nitro benzene ring substituents is 1. The number of nitrogens with zero attached hydrogens (tertiary/aromatic N) is 5. The van der Waals surface area contributed by atoms with Crippen molar-refractivity contribution in [3.05, 3.63) is 69.5 Å². The van der Waals surface area contributed by atoms with E-state index in [1.165, 1.54) is 23.3 Å². The summed E-state index contributed by atoms with van der Waals surface area (Å²) in [6.45, 7) is 0. The summed E-state index contributed by atoms with van der Waals surface area (Å²) in [5.74, 6) is -0.0228. The topological polar surface area (TPSA) is 106 Å². The van der Waals surface area contributed by atoms with Crippen LogP contribution in [0.1, 0.15) is 5.56 Å². The highest BCUT2D eigenvalue weighted by molar-refractivity contribution is 6.31. The number of phenols is 1. The van der Waals surface area contributed by atoms with Gasteiger partial charge in [0.15, 0.2) is 5.82 Å². The molecule has 0 aliphatic carbocycles. The zero-order valence-corrected chi connectivity index (χ0v) is 12.8. The van der Waals surface area contributed by atoms with Crippen molar-refractivity contribution in [1.82, 2.24) is 14.9 Å². The van der Waals surface area contributed by atoms with Crippen molar-refractivity contribution in [2.45, 2.75) is 0 Å². The highest BCUT2D eigenvalue weighted by Crippen LogP contribution is 2.32. The van der Waals surface area contributed by atoms with Gasteiger partial charge >= 0.3 is 5.69 Å². The quantitative estimate of drug-likeness (QED) is 0.445. The fraction of sp³-hybridized carbons (Fsp3) is 0. The minimum atomic E-state index is -0.716. The number of nitro groups is 1. The van der Waals surface area contributed by atoms with E-state index in [0.717, 1.165) is 11.6 Å². The van der Waals surface area contributed by atoms with Gasteiger partial charge in [0.2, 0.25) is 5.75 Å². The summed E-state index contributed by atoms with van der Waals surface area (Å²) in [5.41, 5.74) is 0.423. The first-order valence-corrected chi connectivity index (χ1v) is 7.11. The largest absolute Gasteiger partial charge is 0.502 e. The molecular formula is C15H10ClN5O3. The van der Waals surface area contributed by atoms with Gasteiger partial charge in [0.1, 0.15) is 6.33 Å². The molecule has 0 aliphatic heterocycles. The summed E-state index contributed by atoms with van der Waals surface area (Å²) in [6, 6.07) is 11.7. The minimum absolute atomic E-state index is 0.113. The SMILES string of the molecule is O=[N+]([O-])c1cc(Cl)cc(/C=N/n2cnnc2-c2ccccc2)c1O. The fourth-order valence-corrected chi connectivity index (χ4v) is 2.28. The molecule has 0 saturated heterocycles. The zero-order valence-electron chi connectivity index (χ0n) is 12.1. The van der Waals surface area contributed by atoms with Gasteiger partial charge in [0, 0.05) is 22.2 Å². The third-order valence-corrected chi connectivity index (χ3v) is 3.38. The van der Waals surface area contributed by atoms with Gasteiger partial charge in [-0.2, -0.15) is 9.78 Å². The smallest absolute Gasteiger partial charge is 0.312 e. The molecule has 24 heavy (non-hydrogen) atoms. The Hall–Kier alpha value is -3.26. The Morgan fingerprint density at radius 2 is 2.04 bits per heavy atom. The predicted molar refractivity (Wildman–Crippen MR) is 88.2 cm³/mol. The number of rotatable bonds is 4. The van der Waals surface area contributed by atoms with Gasteiger partial charge in [-0.15, -0.1) is 10.2 Å². The summed E-state index contributed by atoms with van der Waals surface area (Å²) in [4.78, 5) is 10.2. The number of aromatic nitrogens is 3. The molecule has 120 valence electrons. The second-order valence-electron chi connectivity index (χ2n) is 4.73. The molecule has 0 radical (unpaired) electrons. The summed E-state index contributed by atoms with van der Waals surface area (Å²) < 4.78 is 1.39. The summed E-state index contributed by atoms with van der Waals surface area (Å²) >= 11 is 5.85. The molecule has 2 aromatic carbocycles. The van der Waals surface area contributed by atoms with Gasteiger partial charge < -0.3 is 5.11 Å². The van der Waals surface area contributed by atoms with E-state index in [4.69, 9.17) is 11.6 Å². The van der Waals surface area contributed by atoms with Gasteiger partial charge in [-0.3, -0.25) is 10.1 Å². The Morgan fingerprint density at radius 1 is 1.29 bits per heavy atom. The Morgan fingerprint density at radius 3 is 2.75 bits per heavy atom. The molecule has 0 spiro atoms. The Balaban J connectivity index is 1.99. The second kappa shape index (κ2) is 6.47. The summed E-state index contributed by atoms with van der Waals surface area (Å²) in [6.07, 6.45) is 2.64. The summed E-state index contributed by atoms with van der Waals surface area (Å²) in [7, 11) is 0. The van der Waals surface area contributed by atoms with E-state index < -0.39 is 16.4 Å². The maximum atomic E-state index is 10.9. The van der Waals surface area contributed by atoms with Crippen LogP contribution in [0.3, 0.4) is 0 Å². The molecule has 0 atom stereocenters. The van der Waals surface area contributed by atoms with Crippen molar-refractivity contribution >= 4 is 23.5 Å². The molecule has 1 heterocycles. The van der Waals surface area contributed by atoms with Crippen molar-refractivity contribution in [2.75, 3.05) is 0 Å². The van der Waals surface area contributed by atoms with E-state index in [-0.39, 0.29) is 10.6 Å². The van der Waals surface area contributed by atoms with Crippen LogP contribution in [-0.4, -0.2) is 31.1 Å². The molecule has 9 heteroatoms. The first-order valence-electron chi connectivity index (χ1n) is 6.73. The lowest BCUT2D eigenvalue weighted by atomic mass is 10.2. The van der Waals surface area contributed by atoms with Gasteiger partial charge in [-0.25, -0.2) is 0 Å². The van der Waals surface area contributed by atoms with Gasteiger partial charge in [-0.05, 0) is 6.07 Å². The van der Waals surface area contributed by atoms with Crippen LogP contribution < -0.4 is 0 Å². The van der Waals surface area contributed by atoms with E-state index in [9.17, 15) is 15.2 Å². The van der Waals surface area contributed by atoms with E-state index in [0.29, 0.717) is 5.82 Å². The molecule has 0 saturated carbocycles. The van der Waals surface area contributed by atoms with Gasteiger partial charge in [0.05, 0.1) is 11.1 Å². The summed E-state index contributed by atoms with van der Waals surface area (Å²) in [5, 5.41) is 32.9.